The number of phenolic OH excluding ortho intramolecular Hbond substituents is 2. The first kappa shape index (κ1) is 14.7. The summed E-state index contributed by atoms with van der Waals surface area (Å²) in [6, 6.07) is 10.6. The lowest BCUT2D eigenvalue weighted by Crippen LogP contribution is -2.02. The molecule has 0 aliphatic rings. The minimum absolute atomic E-state index is 0.0747. The van der Waals surface area contributed by atoms with Gasteiger partial charge in [0.1, 0.15) is 11.5 Å². The molecule has 1 atom stereocenters. The van der Waals surface area contributed by atoms with E-state index < -0.39 is 0 Å². The molecule has 19 heavy (non-hydrogen) atoms. The maximum atomic E-state index is 9.54. The Morgan fingerprint density at radius 3 is 2.11 bits per heavy atom. The van der Waals surface area contributed by atoms with Gasteiger partial charge in [-0.3, -0.25) is 0 Å². The summed E-state index contributed by atoms with van der Waals surface area (Å²) in [6.07, 6.45) is 0. The van der Waals surface area contributed by atoms with Gasteiger partial charge in [0, 0.05) is 11.2 Å². The van der Waals surface area contributed by atoms with Gasteiger partial charge in [0.05, 0.1) is 9.50 Å². The van der Waals surface area contributed by atoms with E-state index in [0.29, 0.717) is 14.8 Å². The van der Waals surface area contributed by atoms with Crippen molar-refractivity contribution in [1.29, 1.82) is 0 Å². The Labute approximate surface area is 133 Å². The van der Waals surface area contributed by atoms with Crippen molar-refractivity contribution < 1.29 is 10.2 Å². The Hall–Kier alpha value is -0.710. The second-order valence-corrected chi connectivity index (χ2v) is 6.04. The molecule has 0 spiro atoms. The van der Waals surface area contributed by atoms with E-state index in [0.717, 1.165) is 11.1 Å². The molecule has 0 aliphatic carbocycles. The molecule has 5 heteroatoms. The van der Waals surface area contributed by atoms with E-state index in [1.54, 1.807) is 18.2 Å². The van der Waals surface area contributed by atoms with Crippen LogP contribution in [-0.4, -0.2) is 15.5 Å². The highest BCUT2D eigenvalue weighted by Crippen LogP contribution is 2.35. The Morgan fingerprint density at radius 2 is 1.58 bits per heavy atom. The lowest BCUT2D eigenvalue weighted by atomic mass is 9.93. The van der Waals surface area contributed by atoms with Gasteiger partial charge < -0.3 is 10.2 Å². The Bertz CT molecular complexity index is 550. The first-order valence-electron chi connectivity index (χ1n) is 5.55. The molecule has 0 bridgehead atoms. The summed E-state index contributed by atoms with van der Waals surface area (Å²) in [7, 11) is 0. The van der Waals surface area contributed by atoms with Gasteiger partial charge in [-0.05, 0) is 51.3 Å². The van der Waals surface area contributed by atoms with E-state index in [2.05, 4.69) is 31.9 Å². The number of halogens is 3. The van der Waals surface area contributed by atoms with Crippen LogP contribution < -0.4 is 0 Å². The standard InChI is InChI=1S/C14H11Br2ClO2/c15-7-10(8-1-3-13(18)11(16)5-8)9-2-4-14(19)12(17)6-9/h1-6,10,18-19H,7H2. The zero-order valence-electron chi connectivity index (χ0n) is 9.78. The predicted octanol–water partition coefficient (Wildman–Crippen LogP) is 5.04. The van der Waals surface area contributed by atoms with Crippen molar-refractivity contribution in [2.75, 3.05) is 5.33 Å². The van der Waals surface area contributed by atoms with Gasteiger partial charge in [0.15, 0.2) is 0 Å². The number of hydrogen-bond donors (Lipinski definition) is 2. The van der Waals surface area contributed by atoms with Crippen LogP contribution in [0.25, 0.3) is 0 Å². The van der Waals surface area contributed by atoms with Crippen LogP contribution in [0.1, 0.15) is 17.0 Å². The first-order chi connectivity index (χ1) is 9.02. The second kappa shape index (κ2) is 6.16. The lowest BCUT2D eigenvalue weighted by Gasteiger charge is -2.16. The van der Waals surface area contributed by atoms with Gasteiger partial charge in [-0.15, -0.1) is 0 Å². The molecule has 0 saturated carbocycles. The Morgan fingerprint density at radius 1 is 1.00 bits per heavy atom. The van der Waals surface area contributed by atoms with E-state index in [9.17, 15) is 10.2 Å². The van der Waals surface area contributed by atoms with Crippen molar-refractivity contribution in [2.45, 2.75) is 5.92 Å². The highest BCUT2D eigenvalue weighted by molar-refractivity contribution is 9.10. The van der Waals surface area contributed by atoms with Crippen LogP contribution in [-0.2, 0) is 0 Å². The van der Waals surface area contributed by atoms with Crippen LogP contribution in [0.4, 0.5) is 0 Å². The fourth-order valence-corrected chi connectivity index (χ4v) is 3.18. The second-order valence-electron chi connectivity index (χ2n) is 4.13. The van der Waals surface area contributed by atoms with Crippen molar-refractivity contribution in [3.8, 4) is 11.5 Å². The van der Waals surface area contributed by atoms with Crippen LogP contribution >= 0.6 is 43.5 Å². The molecule has 2 nitrogen and oxygen atoms in total. The van der Waals surface area contributed by atoms with E-state index in [4.69, 9.17) is 11.6 Å². The smallest absolute Gasteiger partial charge is 0.134 e. The fraction of sp³-hybridized carbons (Fsp3) is 0.143. The quantitative estimate of drug-likeness (QED) is 0.701. The third kappa shape index (κ3) is 3.25. The predicted molar refractivity (Wildman–Crippen MR) is 84.6 cm³/mol. The number of benzene rings is 2. The lowest BCUT2D eigenvalue weighted by molar-refractivity contribution is 0.471. The van der Waals surface area contributed by atoms with Gasteiger partial charge in [0.2, 0.25) is 0 Å². The van der Waals surface area contributed by atoms with Crippen molar-refractivity contribution in [1.82, 2.24) is 0 Å². The summed E-state index contributed by atoms with van der Waals surface area (Å²) in [5.41, 5.74) is 2.04. The number of aromatic hydroxyl groups is 2. The summed E-state index contributed by atoms with van der Waals surface area (Å²) >= 11 is 12.7. The SMILES string of the molecule is Oc1ccc(C(CBr)c2ccc(O)c(Br)c2)cc1Cl. The van der Waals surface area contributed by atoms with Crippen LogP contribution in [0.15, 0.2) is 40.9 Å². The topological polar surface area (TPSA) is 40.5 Å². The van der Waals surface area contributed by atoms with Gasteiger partial charge in [0.25, 0.3) is 0 Å². The summed E-state index contributed by atoms with van der Waals surface area (Å²) in [5.74, 6) is 0.376. The normalized spacial score (nSPS) is 12.4. The molecule has 0 saturated heterocycles. The molecule has 2 aromatic rings. The molecule has 2 N–H and O–H groups in total. The number of rotatable bonds is 3. The monoisotopic (exact) mass is 404 g/mol. The summed E-state index contributed by atoms with van der Waals surface area (Å²) in [4.78, 5) is 0. The van der Waals surface area contributed by atoms with Crippen molar-refractivity contribution in [3.05, 3.63) is 57.0 Å². The third-order valence-corrected chi connectivity index (χ3v) is 4.49. The van der Waals surface area contributed by atoms with Gasteiger partial charge in [-0.1, -0.05) is 39.7 Å². The maximum absolute atomic E-state index is 9.54. The average molecular weight is 407 g/mol. The minimum Gasteiger partial charge on any atom is -0.507 e. The van der Waals surface area contributed by atoms with Gasteiger partial charge in [-0.2, -0.15) is 0 Å². The number of hydrogen-bond acceptors (Lipinski definition) is 2. The van der Waals surface area contributed by atoms with Crippen molar-refractivity contribution in [2.24, 2.45) is 0 Å². The highest BCUT2D eigenvalue weighted by atomic mass is 79.9. The molecule has 2 rings (SSSR count). The number of alkyl halides is 1. The molecule has 0 amide bonds. The molecule has 0 radical (unpaired) electrons. The Kier molecular flexibility index (Phi) is 4.76. The van der Waals surface area contributed by atoms with Gasteiger partial charge >= 0.3 is 0 Å². The maximum Gasteiger partial charge on any atom is 0.134 e. The molecule has 0 fully saturated rings. The largest absolute Gasteiger partial charge is 0.507 e. The van der Waals surface area contributed by atoms with Crippen molar-refractivity contribution in [3.63, 3.8) is 0 Å². The van der Waals surface area contributed by atoms with Crippen LogP contribution in [0.2, 0.25) is 5.02 Å². The van der Waals surface area contributed by atoms with Gasteiger partial charge in [-0.25, -0.2) is 0 Å². The molecular formula is C14H11Br2ClO2. The molecule has 1 unspecified atom stereocenters. The zero-order chi connectivity index (χ0) is 14.0. The van der Waals surface area contributed by atoms with Crippen molar-refractivity contribution >= 4 is 43.5 Å². The summed E-state index contributed by atoms with van der Waals surface area (Å²) in [5, 5.41) is 20.0. The van der Waals surface area contributed by atoms with Crippen LogP contribution in [0.3, 0.4) is 0 Å². The highest BCUT2D eigenvalue weighted by Gasteiger charge is 2.15. The first-order valence-corrected chi connectivity index (χ1v) is 7.85. The molecule has 0 aliphatic heterocycles. The average Bonchev–Trinajstić information content (AvgIpc) is 2.39. The summed E-state index contributed by atoms with van der Waals surface area (Å²) < 4.78 is 0.654. The minimum atomic E-state index is 0.0747. The number of phenols is 2. The van der Waals surface area contributed by atoms with E-state index in [1.165, 1.54) is 0 Å². The molecule has 0 heterocycles. The zero-order valence-corrected chi connectivity index (χ0v) is 13.7. The van der Waals surface area contributed by atoms with E-state index in [-0.39, 0.29) is 17.4 Å². The Balaban J connectivity index is 2.43. The van der Waals surface area contributed by atoms with E-state index in [1.807, 2.05) is 18.2 Å². The van der Waals surface area contributed by atoms with Crippen LogP contribution in [0.5, 0.6) is 11.5 Å². The molecule has 0 aromatic heterocycles. The summed E-state index contributed by atoms with van der Waals surface area (Å²) in [6.45, 7) is 0. The molecule has 2 aromatic carbocycles. The third-order valence-electron chi connectivity index (χ3n) is 2.90. The van der Waals surface area contributed by atoms with Crippen LogP contribution in [0, 0.1) is 0 Å². The molecular weight excluding hydrogens is 395 g/mol. The van der Waals surface area contributed by atoms with E-state index >= 15 is 0 Å². The fourth-order valence-electron chi connectivity index (χ4n) is 1.85. The molecule has 100 valence electrons.